The molecule has 0 fully saturated rings. The molecule has 0 aliphatic carbocycles. The Balaban J connectivity index is -0.000000146. The summed E-state index contributed by atoms with van der Waals surface area (Å²) in [5.41, 5.74) is 0. The molecule has 71 heavy (non-hydrogen) atoms. The molecule has 10 nitrogen and oxygen atoms in total. The standard InChI is InChI=1S/5C12H24O2.Na.H/c5*1-2-3-4-5-6-7-8-9-10-11-12(13)14;;/h5*2-11H2,1H3,(H,13,14);;/q;;;;;+1;-1. The summed E-state index contributed by atoms with van der Waals surface area (Å²) < 4.78 is 0. The molecular formula is C60H121NaO10. The molecule has 0 rings (SSSR count). The van der Waals surface area contributed by atoms with Crippen LogP contribution in [0.25, 0.3) is 0 Å². The van der Waals surface area contributed by atoms with Gasteiger partial charge in [-0.3, -0.25) is 24.0 Å². The minimum atomic E-state index is -0.659. The zero-order valence-electron chi connectivity index (χ0n) is 49.1. The van der Waals surface area contributed by atoms with Crippen LogP contribution in [0.3, 0.4) is 0 Å². The second-order valence-corrected chi connectivity index (χ2v) is 19.9. The Bertz CT molecular complexity index is 862. The van der Waals surface area contributed by atoms with E-state index in [-0.39, 0.29) is 31.0 Å². The van der Waals surface area contributed by atoms with Gasteiger partial charge in [-0.2, -0.15) is 0 Å². The number of carbonyl (C=O) groups is 5. The molecule has 0 saturated carbocycles. The summed E-state index contributed by atoms with van der Waals surface area (Å²) in [4.78, 5) is 51.0. The molecule has 0 aromatic carbocycles. The molecule has 422 valence electrons. The van der Waals surface area contributed by atoms with Gasteiger partial charge in [0, 0.05) is 32.1 Å². The monoisotopic (exact) mass is 1020 g/mol. The molecule has 0 saturated heterocycles. The first-order valence-corrected chi connectivity index (χ1v) is 29.9. The first-order chi connectivity index (χ1) is 33.9. The summed E-state index contributed by atoms with van der Waals surface area (Å²) in [5.74, 6) is -3.30. The number of rotatable bonds is 50. The fourth-order valence-corrected chi connectivity index (χ4v) is 7.93. The molecule has 0 amide bonds. The molecule has 0 aromatic heterocycles. The molecule has 0 heterocycles. The van der Waals surface area contributed by atoms with Crippen LogP contribution in [-0.2, 0) is 24.0 Å². The minimum absolute atomic E-state index is 0. The van der Waals surface area contributed by atoms with Crippen LogP contribution < -0.4 is 29.6 Å². The van der Waals surface area contributed by atoms with E-state index in [0.717, 1.165) is 64.2 Å². The van der Waals surface area contributed by atoms with Gasteiger partial charge in [0.1, 0.15) is 0 Å². The van der Waals surface area contributed by atoms with Gasteiger partial charge in [0.05, 0.1) is 0 Å². The van der Waals surface area contributed by atoms with E-state index in [0.29, 0.717) is 32.1 Å². The Kier molecular flexibility index (Phi) is 87.8. The maximum absolute atomic E-state index is 10.2. The zero-order chi connectivity index (χ0) is 53.2. The van der Waals surface area contributed by atoms with E-state index >= 15 is 0 Å². The van der Waals surface area contributed by atoms with Gasteiger partial charge in [0.2, 0.25) is 0 Å². The van der Waals surface area contributed by atoms with Crippen molar-refractivity contribution >= 4 is 29.8 Å². The molecule has 0 atom stereocenters. The average Bonchev–Trinajstić information content (AvgIpc) is 3.32. The number of hydrogen-bond donors (Lipinski definition) is 5. The van der Waals surface area contributed by atoms with Crippen molar-refractivity contribution in [3.05, 3.63) is 0 Å². The smallest absolute Gasteiger partial charge is 1.00 e. The summed E-state index contributed by atoms with van der Waals surface area (Å²) in [6, 6.07) is 0. The molecule has 0 radical (unpaired) electrons. The Hall–Kier alpha value is -1.65. The largest absolute Gasteiger partial charge is 1.00 e. The van der Waals surface area contributed by atoms with Gasteiger partial charge in [-0.1, -0.05) is 291 Å². The van der Waals surface area contributed by atoms with Crippen molar-refractivity contribution in [3.8, 4) is 0 Å². The second-order valence-electron chi connectivity index (χ2n) is 19.9. The molecule has 0 unspecified atom stereocenters. The van der Waals surface area contributed by atoms with Crippen LogP contribution in [-0.4, -0.2) is 55.4 Å². The Morgan fingerprint density at radius 1 is 0.197 bits per heavy atom. The summed E-state index contributed by atoms with van der Waals surface area (Å²) in [6.07, 6.45) is 57.4. The van der Waals surface area contributed by atoms with Crippen LogP contribution in [0.1, 0.15) is 357 Å². The average molecular weight is 1030 g/mol. The van der Waals surface area contributed by atoms with Gasteiger partial charge in [0.15, 0.2) is 0 Å². The van der Waals surface area contributed by atoms with E-state index in [1.54, 1.807) is 0 Å². The first-order valence-electron chi connectivity index (χ1n) is 29.9. The molecular weight excluding hydrogens is 904 g/mol. The Morgan fingerprint density at radius 2 is 0.282 bits per heavy atom. The van der Waals surface area contributed by atoms with Crippen molar-refractivity contribution in [2.24, 2.45) is 0 Å². The van der Waals surface area contributed by atoms with Crippen molar-refractivity contribution < 1.29 is 80.5 Å². The number of carboxylic acid groups (broad SMARTS) is 5. The normalized spacial score (nSPS) is 10.2. The SMILES string of the molecule is CCCCCCCCCCCC(=O)O.CCCCCCCCCCCC(=O)O.CCCCCCCCCCCC(=O)O.CCCCCCCCCCCC(=O)O.CCCCCCCCCCCC(=O)O.[H-].[Na+]. The van der Waals surface area contributed by atoms with Gasteiger partial charge < -0.3 is 27.0 Å². The van der Waals surface area contributed by atoms with Crippen molar-refractivity contribution in [1.29, 1.82) is 0 Å². The molecule has 0 spiro atoms. The molecule has 11 heteroatoms. The summed E-state index contributed by atoms with van der Waals surface area (Å²) in [6.45, 7) is 11.1. The van der Waals surface area contributed by atoms with E-state index in [9.17, 15) is 24.0 Å². The van der Waals surface area contributed by atoms with Gasteiger partial charge in [-0.15, -0.1) is 0 Å². The molecule has 5 N–H and O–H groups in total. The maximum atomic E-state index is 10.2. The predicted octanol–water partition coefficient (Wildman–Crippen LogP) is 17.1. The van der Waals surface area contributed by atoms with E-state index in [1.807, 2.05) is 0 Å². The quantitative estimate of drug-likeness (QED) is 0.0290. The zero-order valence-corrected chi connectivity index (χ0v) is 50.1. The molecule has 0 bridgehead atoms. The van der Waals surface area contributed by atoms with Crippen molar-refractivity contribution in [3.63, 3.8) is 0 Å². The van der Waals surface area contributed by atoms with Crippen LogP contribution >= 0.6 is 0 Å². The topological polar surface area (TPSA) is 186 Å². The van der Waals surface area contributed by atoms with Crippen LogP contribution in [0.15, 0.2) is 0 Å². The number of carboxylic acids is 5. The molecule has 0 aliphatic rings. The number of hydrogen-bond acceptors (Lipinski definition) is 5. The second kappa shape index (κ2) is 77.3. The van der Waals surface area contributed by atoms with E-state index < -0.39 is 29.8 Å². The minimum Gasteiger partial charge on any atom is -1.00 e. The van der Waals surface area contributed by atoms with Gasteiger partial charge in [0.25, 0.3) is 0 Å². The third-order valence-corrected chi connectivity index (χ3v) is 12.5. The number of unbranched alkanes of at least 4 members (excludes halogenated alkanes) is 40. The van der Waals surface area contributed by atoms with Gasteiger partial charge in [-0.05, 0) is 32.1 Å². The molecule has 0 aliphatic heterocycles. The number of aliphatic carboxylic acids is 5. The Morgan fingerprint density at radius 3 is 0.366 bits per heavy atom. The molecule has 0 aromatic rings. The predicted molar refractivity (Wildman–Crippen MR) is 299 cm³/mol. The van der Waals surface area contributed by atoms with Crippen LogP contribution in [0.2, 0.25) is 0 Å². The third kappa shape index (κ3) is 106. The summed E-state index contributed by atoms with van der Waals surface area (Å²) >= 11 is 0. The van der Waals surface area contributed by atoms with Crippen LogP contribution in [0, 0.1) is 0 Å². The fraction of sp³-hybridized carbons (Fsp3) is 0.917. The fourth-order valence-electron chi connectivity index (χ4n) is 7.93. The summed E-state index contributed by atoms with van der Waals surface area (Å²) in [5, 5.41) is 42.1. The van der Waals surface area contributed by atoms with Gasteiger partial charge in [-0.25, -0.2) is 0 Å². The van der Waals surface area contributed by atoms with Gasteiger partial charge >= 0.3 is 59.4 Å². The van der Waals surface area contributed by atoms with Crippen molar-refractivity contribution in [2.75, 3.05) is 0 Å². The Labute approximate surface area is 463 Å². The van der Waals surface area contributed by atoms with E-state index in [1.165, 1.54) is 225 Å². The summed E-state index contributed by atoms with van der Waals surface area (Å²) in [7, 11) is 0. The van der Waals surface area contributed by atoms with E-state index in [4.69, 9.17) is 25.5 Å². The van der Waals surface area contributed by atoms with Crippen molar-refractivity contribution in [2.45, 2.75) is 356 Å². The third-order valence-electron chi connectivity index (χ3n) is 12.5. The van der Waals surface area contributed by atoms with E-state index in [2.05, 4.69) is 34.6 Å². The van der Waals surface area contributed by atoms with Crippen LogP contribution in [0.5, 0.6) is 0 Å². The van der Waals surface area contributed by atoms with Crippen LogP contribution in [0.4, 0.5) is 0 Å². The maximum Gasteiger partial charge on any atom is 1.00 e. The van der Waals surface area contributed by atoms with Crippen molar-refractivity contribution in [1.82, 2.24) is 0 Å². The first kappa shape index (κ1) is 80.7.